The van der Waals surface area contributed by atoms with Gasteiger partial charge in [0.2, 0.25) is 11.1 Å². The summed E-state index contributed by atoms with van der Waals surface area (Å²) in [5, 5.41) is 44.5. The van der Waals surface area contributed by atoms with Crippen LogP contribution < -0.4 is 11.1 Å². The highest BCUT2D eigenvalue weighted by Crippen LogP contribution is 2.49. The van der Waals surface area contributed by atoms with E-state index in [2.05, 4.69) is 25.9 Å². The molecule has 3 heterocycles. The Kier molecular flexibility index (Phi) is 6.92. The number of aliphatic carboxylic acids is 2. The molecule has 190 valence electrons. The first-order chi connectivity index (χ1) is 17.1. The second-order valence-corrected chi connectivity index (χ2v) is 10.3. The first-order valence-corrected chi connectivity index (χ1v) is 12.4. The van der Waals surface area contributed by atoms with Crippen LogP contribution >= 0.6 is 23.5 Å². The molecule has 1 fully saturated rings. The predicted octanol–water partition coefficient (Wildman–Crippen LogP) is -0.331. The molecule has 4 atom stereocenters. The molecule has 0 spiro atoms. The summed E-state index contributed by atoms with van der Waals surface area (Å²) in [5.41, 5.74) is 5.96. The summed E-state index contributed by atoms with van der Waals surface area (Å²) in [6.45, 7) is 1.58. The van der Waals surface area contributed by atoms with Crippen molar-refractivity contribution in [2.24, 2.45) is 5.73 Å². The van der Waals surface area contributed by atoms with E-state index in [0.29, 0.717) is 5.56 Å². The fraction of sp³-hybridized carbons (Fsp3) is 0.350. The van der Waals surface area contributed by atoms with Crippen molar-refractivity contribution < 1.29 is 34.5 Å². The van der Waals surface area contributed by atoms with E-state index in [9.17, 15) is 34.5 Å². The fourth-order valence-electron chi connectivity index (χ4n) is 4.03. The zero-order valence-corrected chi connectivity index (χ0v) is 20.2. The zero-order chi connectivity index (χ0) is 26.2. The number of carbonyl (C=O) groups is 4. The Morgan fingerprint density at radius 2 is 2.03 bits per heavy atom. The molecule has 36 heavy (non-hydrogen) atoms. The van der Waals surface area contributed by atoms with Crippen molar-refractivity contribution >= 4 is 47.3 Å². The number of nitrogens with zero attached hydrogens (tertiary/aromatic N) is 4. The number of hydrogen-bond donors (Lipinski definition) is 6. The van der Waals surface area contributed by atoms with Crippen molar-refractivity contribution in [2.75, 3.05) is 5.75 Å². The van der Waals surface area contributed by atoms with Crippen LogP contribution in [0.25, 0.3) is 0 Å². The Balaban J connectivity index is 1.61. The number of hydrogen-bond acceptors (Lipinski definition) is 11. The Morgan fingerprint density at radius 1 is 1.33 bits per heavy atom. The molecule has 2 aliphatic heterocycles. The van der Waals surface area contributed by atoms with Crippen LogP contribution in [-0.2, 0) is 19.2 Å². The number of carbonyl (C=O) groups excluding carboxylic acids is 2. The quantitative estimate of drug-likeness (QED) is 0.179. The molecule has 0 radical (unpaired) electrons. The van der Waals surface area contributed by atoms with Crippen LogP contribution in [0.1, 0.15) is 24.9 Å². The number of phenolic OH excluding ortho intramolecular Hbond substituents is 1. The largest absolute Gasteiger partial charge is 0.508 e. The van der Waals surface area contributed by atoms with Gasteiger partial charge in [0, 0.05) is 5.75 Å². The molecule has 7 N–H and O–H groups in total. The van der Waals surface area contributed by atoms with Gasteiger partial charge >= 0.3 is 11.9 Å². The van der Waals surface area contributed by atoms with E-state index in [1.165, 1.54) is 24.3 Å². The number of carboxylic acid groups (broad SMARTS) is 2. The number of benzene rings is 1. The number of aromatic hydroxyl groups is 1. The van der Waals surface area contributed by atoms with Gasteiger partial charge in [0.15, 0.2) is 0 Å². The van der Waals surface area contributed by atoms with E-state index in [4.69, 9.17) is 5.73 Å². The lowest BCUT2D eigenvalue weighted by molar-refractivity contribution is -0.151. The van der Waals surface area contributed by atoms with Crippen LogP contribution in [0.5, 0.6) is 5.75 Å². The summed E-state index contributed by atoms with van der Waals surface area (Å²) in [6.07, 6.45) is -0.0252. The molecule has 2 aliphatic rings. The number of rotatable bonds is 9. The SMILES string of the molecule is CCC(Sc1nn[nH]n1)(C(=O)O)C1=C(C(=O)O)N2C(=O)C(NC(=O)C(N)c3ccc(O)cc3)[C@@H]2SC1. The van der Waals surface area contributed by atoms with E-state index in [1.54, 1.807) is 6.92 Å². The third-order valence-electron chi connectivity index (χ3n) is 5.93. The van der Waals surface area contributed by atoms with E-state index >= 15 is 0 Å². The Bertz CT molecular complexity index is 1240. The summed E-state index contributed by atoms with van der Waals surface area (Å²) < 4.78 is -1.77. The highest BCUT2D eigenvalue weighted by molar-refractivity contribution is 8.02. The van der Waals surface area contributed by atoms with Crippen molar-refractivity contribution in [1.29, 1.82) is 0 Å². The molecule has 3 unspecified atom stereocenters. The molecule has 16 heteroatoms. The number of β-lactam (4-membered cyclic amide) rings is 1. The molecule has 14 nitrogen and oxygen atoms in total. The summed E-state index contributed by atoms with van der Waals surface area (Å²) in [5.74, 6) is -4.18. The smallest absolute Gasteiger partial charge is 0.352 e. The third-order valence-corrected chi connectivity index (χ3v) is 8.62. The summed E-state index contributed by atoms with van der Waals surface area (Å²) in [7, 11) is 0. The average Bonchev–Trinajstić information content (AvgIpc) is 3.37. The molecule has 1 saturated heterocycles. The van der Waals surface area contributed by atoms with Crippen LogP contribution in [0.15, 0.2) is 40.7 Å². The van der Waals surface area contributed by atoms with Gasteiger partial charge in [-0.25, -0.2) is 4.79 Å². The number of aromatic nitrogens is 4. The van der Waals surface area contributed by atoms with Gasteiger partial charge in [0.05, 0.1) is 0 Å². The van der Waals surface area contributed by atoms with Crippen molar-refractivity contribution in [3.8, 4) is 5.75 Å². The number of phenols is 1. The number of fused-ring (bicyclic) bond motifs is 1. The lowest BCUT2D eigenvalue weighted by Crippen LogP contribution is -2.71. The molecule has 1 aromatic heterocycles. The minimum absolute atomic E-state index is 0.000536. The van der Waals surface area contributed by atoms with Gasteiger partial charge in [-0.05, 0) is 34.9 Å². The van der Waals surface area contributed by atoms with E-state index in [0.717, 1.165) is 28.4 Å². The number of tetrazole rings is 1. The van der Waals surface area contributed by atoms with Gasteiger partial charge in [-0.3, -0.25) is 19.3 Å². The van der Waals surface area contributed by atoms with Gasteiger partial charge in [-0.15, -0.1) is 22.0 Å². The second-order valence-electron chi connectivity index (χ2n) is 7.88. The average molecular weight is 536 g/mol. The van der Waals surface area contributed by atoms with Crippen LogP contribution in [0.3, 0.4) is 0 Å². The maximum Gasteiger partial charge on any atom is 0.352 e. The number of aromatic amines is 1. The van der Waals surface area contributed by atoms with Crippen LogP contribution in [-0.4, -0.2) is 86.5 Å². The van der Waals surface area contributed by atoms with Gasteiger partial charge < -0.3 is 26.4 Å². The Labute approximate surface area is 211 Å². The maximum atomic E-state index is 13.0. The Hall–Kier alpha value is -3.63. The lowest BCUT2D eigenvalue weighted by Gasteiger charge is -2.51. The molecular weight excluding hydrogens is 514 g/mol. The van der Waals surface area contributed by atoms with Crippen LogP contribution in [0.4, 0.5) is 0 Å². The number of thioether (sulfide) groups is 2. The maximum absolute atomic E-state index is 13.0. The predicted molar refractivity (Wildman–Crippen MR) is 125 cm³/mol. The topological polar surface area (TPSA) is 225 Å². The first-order valence-electron chi connectivity index (χ1n) is 10.5. The van der Waals surface area contributed by atoms with E-state index < -0.39 is 51.7 Å². The molecular formula is C20H21N7O7S2. The third kappa shape index (κ3) is 4.27. The highest BCUT2D eigenvalue weighted by atomic mass is 32.2. The van der Waals surface area contributed by atoms with Crippen molar-refractivity contribution in [3.63, 3.8) is 0 Å². The van der Waals surface area contributed by atoms with E-state index in [-0.39, 0.29) is 28.7 Å². The number of nitrogens with one attached hydrogen (secondary N) is 2. The van der Waals surface area contributed by atoms with Crippen molar-refractivity contribution in [3.05, 3.63) is 41.1 Å². The first kappa shape index (κ1) is 25.5. The minimum atomic E-state index is -1.77. The van der Waals surface area contributed by atoms with Gasteiger partial charge in [-0.2, -0.15) is 5.21 Å². The summed E-state index contributed by atoms with van der Waals surface area (Å²) >= 11 is 1.86. The Morgan fingerprint density at radius 3 is 2.58 bits per heavy atom. The fourth-order valence-corrected chi connectivity index (χ4v) is 6.58. The van der Waals surface area contributed by atoms with Crippen LogP contribution in [0.2, 0.25) is 0 Å². The lowest BCUT2D eigenvalue weighted by atomic mass is 9.91. The molecule has 0 bridgehead atoms. The molecule has 0 saturated carbocycles. The minimum Gasteiger partial charge on any atom is -0.508 e. The number of amides is 2. The number of H-pyrrole nitrogens is 1. The second kappa shape index (κ2) is 9.79. The number of carboxylic acids is 2. The normalized spacial score (nSPS) is 21.7. The van der Waals surface area contributed by atoms with Gasteiger partial charge in [0.25, 0.3) is 5.91 Å². The molecule has 4 rings (SSSR count). The summed E-state index contributed by atoms with van der Waals surface area (Å²) in [4.78, 5) is 51.5. The molecule has 1 aromatic carbocycles. The van der Waals surface area contributed by atoms with Crippen molar-refractivity contribution in [2.45, 2.75) is 40.7 Å². The standard InChI is InChI=1S/C20H21N7O7S2/c1-2-20(18(33)34,36-19-23-25-26-24-19)10-7-35-16-12(15(30)27(16)13(10)17(31)32)22-14(29)11(21)8-3-5-9(28)6-4-8/h3-6,11-12,16,28H,2,7,21H2,1H3,(H,22,29)(H,31,32)(H,33,34)(H,23,24,25,26)/t11?,12?,16-,20?/m0/s1. The van der Waals surface area contributed by atoms with E-state index in [1.807, 2.05) is 0 Å². The molecule has 2 amide bonds. The molecule has 2 aromatic rings. The highest BCUT2D eigenvalue weighted by Gasteiger charge is 2.58. The van der Waals surface area contributed by atoms with Crippen LogP contribution in [0, 0.1) is 0 Å². The monoisotopic (exact) mass is 535 g/mol. The van der Waals surface area contributed by atoms with Crippen molar-refractivity contribution in [1.82, 2.24) is 30.8 Å². The summed E-state index contributed by atoms with van der Waals surface area (Å²) in [6, 6.07) is 3.51. The number of nitrogens with two attached hydrogens (primary N) is 1. The zero-order valence-electron chi connectivity index (χ0n) is 18.6. The van der Waals surface area contributed by atoms with Gasteiger partial charge in [0.1, 0.15) is 33.7 Å². The van der Waals surface area contributed by atoms with Gasteiger partial charge in [-0.1, -0.05) is 30.8 Å². The molecule has 0 aliphatic carbocycles.